The third kappa shape index (κ3) is 3.11. The molecule has 0 aliphatic carbocycles. The van der Waals surface area contributed by atoms with Gasteiger partial charge in [0.2, 0.25) is 10.0 Å². The van der Waals surface area contributed by atoms with Gasteiger partial charge in [-0.1, -0.05) is 5.21 Å². The van der Waals surface area contributed by atoms with Crippen molar-refractivity contribution in [2.75, 3.05) is 12.3 Å². The molecule has 9 heteroatoms. The van der Waals surface area contributed by atoms with Crippen molar-refractivity contribution in [2.45, 2.75) is 18.4 Å². The van der Waals surface area contributed by atoms with Crippen LogP contribution < -0.4 is 10.5 Å². The van der Waals surface area contributed by atoms with Gasteiger partial charge in [-0.25, -0.2) is 17.5 Å². The summed E-state index contributed by atoms with van der Waals surface area (Å²) in [6.07, 6.45) is 3.10. The van der Waals surface area contributed by atoms with Gasteiger partial charge in [-0.05, 0) is 19.1 Å². The minimum atomic E-state index is -3.82. The van der Waals surface area contributed by atoms with E-state index in [2.05, 4.69) is 15.0 Å². The minimum absolute atomic E-state index is 0.0347. The maximum absolute atomic E-state index is 13.5. The minimum Gasteiger partial charge on any atom is -0.399 e. The van der Waals surface area contributed by atoms with Crippen LogP contribution in [0.15, 0.2) is 29.4 Å². The summed E-state index contributed by atoms with van der Waals surface area (Å²) in [5.41, 5.74) is 5.57. The lowest BCUT2D eigenvalue weighted by Crippen LogP contribution is -2.28. The van der Waals surface area contributed by atoms with E-state index in [-0.39, 0.29) is 22.7 Å². The van der Waals surface area contributed by atoms with E-state index in [1.54, 1.807) is 6.20 Å². The largest absolute Gasteiger partial charge is 0.399 e. The van der Waals surface area contributed by atoms with Gasteiger partial charge in [0.25, 0.3) is 0 Å². The molecule has 0 spiro atoms. The lowest BCUT2D eigenvalue weighted by Gasteiger charge is -2.10. The van der Waals surface area contributed by atoms with Crippen molar-refractivity contribution < 1.29 is 12.8 Å². The summed E-state index contributed by atoms with van der Waals surface area (Å²) in [5, 5.41) is 7.31. The number of nitrogens with one attached hydrogen (secondary N) is 1. The van der Waals surface area contributed by atoms with Gasteiger partial charge < -0.3 is 5.73 Å². The number of halogens is 1. The monoisotopic (exact) mass is 299 g/mol. The average Bonchev–Trinajstić information content (AvgIpc) is 2.86. The number of hydrogen-bond donors (Lipinski definition) is 2. The molecule has 0 unspecified atom stereocenters. The van der Waals surface area contributed by atoms with Gasteiger partial charge in [0.15, 0.2) is 0 Å². The zero-order chi connectivity index (χ0) is 14.8. The molecule has 7 nitrogen and oxygen atoms in total. The van der Waals surface area contributed by atoms with Crippen molar-refractivity contribution in [3.05, 3.63) is 35.9 Å². The van der Waals surface area contributed by atoms with Crippen LogP contribution in [0.1, 0.15) is 5.56 Å². The van der Waals surface area contributed by atoms with Gasteiger partial charge in [-0.2, -0.15) is 0 Å². The van der Waals surface area contributed by atoms with Crippen LogP contribution in [0.4, 0.5) is 10.1 Å². The summed E-state index contributed by atoms with van der Waals surface area (Å²) in [6.45, 7) is 1.82. The van der Waals surface area contributed by atoms with Gasteiger partial charge in [-0.15, -0.1) is 5.10 Å². The second-order valence-electron chi connectivity index (χ2n) is 4.19. The number of nitrogen functional groups attached to an aromatic ring is 1. The number of hydrogen-bond acceptors (Lipinski definition) is 5. The van der Waals surface area contributed by atoms with E-state index < -0.39 is 15.8 Å². The Labute approximate surface area is 115 Å². The number of benzene rings is 1. The molecule has 0 atom stereocenters. The summed E-state index contributed by atoms with van der Waals surface area (Å²) in [6, 6.07) is 2.32. The van der Waals surface area contributed by atoms with E-state index in [0.29, 0.717) is 6.54 Å². The van der Waals surface area contributed by atoms with E-state index >= 15 is 0 Å². The fourth-order valence-electron chi connectivity index (χ4n) is 1.68. The number of anilines is 1. The van der Waals surface area contributed by atoms with E-state index in [1.165, 1.54) is 23.9 Å². The highest BCUT2D eigenvalue weighted by atomic mass is 32.2. The highest BCUT2D eigenvalue weighted by Crippen LogP contribution is 2.21. The quantitative estimate of drug-likeness (QED) is 0.772. The summed E-state index contributed by atoms with van der Waals surface area (Å²) >= 11 is 0. The Morgan fingerprint density at radius 1 is 1.45 bits per heavy atom. The maximum atomic E-state index is 13.5. The third-order valence-corrected chi connectivity index (χ3v) is 4.30. The fraction of sp³-hybridized carbons (Fsp3) is 0.273. The van der Waals surface area contributed by atoms with Crippen LogP contribution >= 0.6 is 0 Å². The van der Waals surface area contributed by atoms with Gasteiger partial charge in [0.05, 0.1) is 17.6 Å². The predicted molar refractivity (Wildman–Crippen MR) is 70.8 cm³/mol. The molecule has 0 saturated heterocycles. The highest BCUT2D eigenvalue weighted by Gasteiger charge is 2.19. The Hall–Kier alpha value is -2.00. The number of rotatable bonds is 5. The van der Waals surface area contributed by atoms with E-state index in [0.717, 1.165) is 6.07 Å². The Morgan fingerprint density at radius 2 is 2.20 bits per heavy atom. The molecule has 1 aromatic carbocycles. The van der Waals surface area contributed by atoms with Crippen LogP contribution in [0, 0.1) is 12.7 Å². The molecule has 1 aromatic heterocycles. The molecule has 2 aromatic rings. The van der Waals surface area contributed by atoms with Gasteiger partial charge in [0.1, 0.15) is 5.82 Å². The Kier molecular flexibility index (Phi) is 4.00. The topological polar surface area (TPSA) is 103 Å². The molecule has 20 heavy (non-hydrogen) atoms. The second-order valence-corrected chi connectivity index (χ2v) is 5.93. The van der Waals surface area contributed by atoms with Crippen LogP contribution in [0.25, 0.3) is 0 Å². The summed E-state index contributed by atoms with van der Waals surface area (Å²) < 4.78 is 41.6. The molecule has 1 heterocycles. The van der Waals surface area contributed by atoms with E-state index in [9.17, 15) is 12.8 Å². The highest BCUT2D eigenvalue weighted by molar-refractivity contribution is 7.89. The van der Waals surface area contributed by atoms with Crippen LogP contribution in [0.5, 0.6) is 0 Å². The van der Waals surface area contributed by atoms with E-state index in [1.807, 2.05) is 0 Å². The fourth-order valence-corrected chi connectivity index (χ4v) is 2.98. The molecule has 3 N–H and O–H groups in total. The Morgan fingerprint density at radius 3 is 2.85 bits per heavy atom. The van der Waals surface area contributed by atoms with Crippen molar-refractivity contribution in [3.63, 3.8) is 0 Å². The number of aromatic nitrogens is 3. The molecule has 0 aliphatic heterocycles. The maximum Gasteiger partial charge on any atom is 0.241 e. The van der Waals surface area contributed by atoms with Crippen molar-refractivity contribution in [2.24, 2.45) is 0 Å². The SMILES string of the molecule is Cc1c(F)cc(N)cc1S(=O)(=O)NCCn1ccnn1. The first-order chi connectivity index (χ1) is 9.40. The first-order valence-electron chi connectivity index (χ1n) is 5.79. The molecule has 0 bridgehead atoms. The molecule has 0 fully saturated rings. The summed E-state index contributed by atoms with van der Waals surface area (Å²) in [4.78, 5) is -0.159. The van der Waals surface area contributed by atoms with Crippen molar-refractivity contribution in [1.82, 2.24) is 19.7 Å². The predicted octanol–water partition coefficient (Wildman–Crippen LogP) is 0.286. The molecule has 0 aliphatic rings. The molecule has 0 amide bonds. The van der Waals surface area contributed by atoms with Crippen molar-refractivity contribution in [3.8, 4) is 0 Å². The smallest absolute Gasteiger partial charge is 0.241 e. The third-order valence-electron chi connectivity index (χ3n) is 2.71. The van der Waals surface area contributed by atoms with E-state index in [4.69, 9.17) is 5.73 Å². The summed E-state index contributed by atoms with van der Waals surface area (Å²) in [7, 11) is -3.82. The van der Waals surface area contributed by atoms with Gasteiger partial charge in [-0.3, -0.25) is 4.68 Å². The molecule has 0 radical (unpaired) electrons. The number of sulfonamides is 1. The molecule has 2 rings (SSSR count). The first-order valence-corrected chi connectivity index (χ1v) is 7.28. The number of nitrogens with zero attached hydrogens (tertiary/aromatic N) is 3. The Balaban J connectivity index is 2.14. The standard InChI is InChI=1S/C11H14FN5O2S/c1-8-10(12)6-9(13)7-11(8)20(18,19)15-3-5-17-4-2-14-16-17/h2,4,6-7,15H,3,5,13H2,1H3. The van der Waals surface area contributed by atoms with Gasteiger partial charge in [0, 0.05) is 24.0 Å². The zero-order valence-corrected chi connectivity index (χ0v) is 11.6. The first kappa shape index (κ1) is 14.4. The molecule has 108 valence electrons. The molecular weight excluding hydrogens is 285 g/mol. The lowest BCUT2D eigenvalue weighted by atomic mass is 10.2. The van der Waals surface area contributed by atoms with Crippen molar-refractivity contribution >= 4 is 15.7 Å². The van der Waals surface area contributed by atoms with Crippen molar-refractivity contribution in [1.29, 1.82) is 0 Å². The Bertz CT molecular complexity index is 700. The second kappa shape index (κ2) is 5.55. The zero-order valence-electron chi connectivity index (χ0n) is 10.7. The molecule has 0 saturated carbocycles. The van der Waals surface area contributed by atoms with Gasteiger partial charge >= 0.3 is 0 Å². The number of nitrogens with two attached hydrogens (primary N) is 1. The average molecular weight is 299 g/mol. The molecular formula is C11H14FN5O2S. The van der Waals surface area contributed by atoms with Crippen LogP contribution in [-0.4, -0.2) is 30.0 Å². The van der Waals surface area contributed by atoms with Crippen LogP contribution in [0.3, 0.4) is 0 Å². The summed E-state index contributed by atoms with van der Waals surface area (Å²) in [5.74, 6) is -0.651. The normalized spacial score (nSPS) is 11.7. The van der Waals surface area contributed by atoms with Crippen LogP contribution in [-0.2, 0) is 16.6 Å². The lowest BCUT2D eigenvalue weighted by molar-refractivity contribution is 0.550. The van der Waals surface area contributed by atoms with Crippen LogP contribution in [0.2, 0.25) is 0 Å².